The van der Waals surface area contributed by atoms with Crippen LogP contribution < -0.4 is 14.8 Å². The Morgan fingerprint density at radius 1 is 0.462 bits per heavy atom. The zero-order valence-electron chi connectivity index (χ0n) is 26.5. The molecule has 0 radical (unpaired) electrons. The van der Waals surface area contributed by atoms with Gasteiger partial charge in [-0.3, -0.25) is 0 Å². The third-order valence-corrected chi connectivity index (χ3v) is 9.37. The quantitative estimate of drug-likeness (QED) is 0.138. The predicted octanol–water partition coefficient (Wildman–Crippen LogP) is 12.1. The van der Waals surface area contributed by atoms with Gasteiger partial charge in [0.25, 0.3) is 0 Å². The number of hydrogen-bond donors (Lipinski definition) is 1. The van der Waals surface area contributed by atoms with Gasteiger partial charge in [0.15, 0.2) is 23.3 Å². The molecule has 4 heterocycles. The maximum absolute atomic E-state index is 15.1. The lowest BCUT2D eigenvalue weighted by Gasteiger charge is -2.35. The summed E-state index contributed by atoms with van der Waals surface area (Å²) in [5.74, 6) is -16.8. The van der Waals surface area contributed by atoms with E-state index in [2.05, 4.69) is 18.5 Å². The van der Waals surface area contributed by atoms with Crippen LogP contribution in [0.2, 0.25) is 0 Å². The van der Waals surface area contributed by atoms with Crippen molar-refractivity contribution in [2.45, 2.75) is 5.41 Å². The lowest BCUT2D eigenvalue weighted by molar-refractivity contribution is 0.364. The predicted molar refractivity (Wildman–Crippen MR) is 180 cm³/mol. The molecule has 11 rings (SSSR count). The van der Waals surface area contributed by atoms with E-state index in [9.17, 15) is 17.6 Å². The van der Waals surface area contributed by atoms with Gasteiger partial charge in [0.05, 0.1) is 16.5 Å². The standard InChI is InChI=1S/C41H21F8NO2/c1-3-25-31(42)35(46)39(36(47)32(25)43)51-23-13-15-27-28-16-14-24(52-40-37(48)33(44)26(4-2)34(45)38(40)49)18-30(28)41(29(27)17-23)19-5-9-21(10-6-19)50-22-11-7-20(41)8-12-22/h3-18,50H,1-2H2. The van der Waals surface area contributed by atoms with Crippen molar-refractivity contribution in [1.29, 1.82) is 0 Å². The normalized spacial score (nSPS) is 13.1. The molecular weight excluding hydrogens is 690 g/mol. The Balaban J connectivity index is 1.36. The Bertz CT molecular complexity index is 2280. The zero-order chi connectivity index (χ0) is 36.6. The average molecular weight is 712 g/mol. The topological polar surface area (TPSA) is 30.5 Å². The van der Waals surface area contributed by atoms with Gasteiger partial charge in [-0.2, -0.15) is 17.6 Å². The van der Waals surface area contributed by atoms with E-state index in [1.807, 2.05) is 48.5 Å². The molecule has 1 N–H and O–H groups in total. The summed E-state index contributed by atoms with van der Waals surface area (Å²) in [4.78, 5) is 0. The Morgan fingerprint density at radius 3 is 1.13 bits per heavy atom. The Hall–Kier alpha value is -6.36. The molecule has 0 unspecified atom stereocenters. The number of nitrogens with one attached hydrogen (secondary N) is 1. The van der Waals surface area contributed by atoms with Gasteiger partial charge in [-0.05, 0) is 81.9 Å². The van der Waals surface area contributed by atoms with Crippen LogP contribution in [0.25, 0.3) is 23.3 Å². The average Bonchev–Trinajstić information content (AvgIpc) is 3.44. The Kier molecular flexibility index (Phi) is 7.49. The fraction of sp³-hybridized carbons (Fsp3) is 0.0244. The second-order valence-electron chi connectivity index (χ2n) is 12.1. The number of ether oxygens (including phenoxy) is 2. The van der Waals surface area contributed by atoms with Crippen LogP contribution in [0.5, 0.6) is 23.0 Å². The minimum absolute atomic E-state index is 0.185. The highest BCUT2D eigenvalue weighted by Gasteiger charge is 2.47. The fourth-order valence-electron chi connectivity index (χ4n) is 7.00. The van der Waals surface area contributed by atoms with Crippen LogP contribution in [0.3, 0.4) is 0 Å². The van der Waals surface area contributed by atoms with Gasteiger partial charge < -0.3 is 14.8 Å². The van der Waals surface area contributed by atoms with Gasteiger partial charge >= 0.3 is 0 Å². The molecule has 0 saturated heterocycles. The first-order chi connectivity index (χ1) is 25.0. The fourth-order valence-corrected chi connectivity index (χ4v) is 7.00. The molecule has 0 aromatic heterocycles. The molecule has 4 bridgehead atoms. The van der Waals surface area contributed by atoms with Gasteiger partial charge in [0.2, 0.25) is 34.8 Å². The molecular formula is C41H21F8NO2. The molecule has 4 aliphatic heterocycles. The van der Waals surface area contributed by atoms with Crippen molar-refractivity contribution in [1.82, 2.24) is 0 Å². The van der Waals surface area contributed by atoms with Gasteiger partial charge in [-0.1, -0.05) is 61.7 Å². The third-order valence-electron chi connectivity index (χ3n) is 9.37. The van der Waals surface area contributed by atoms with Crippen molar-refractivity contribution < 1.29 is 44.6 Å². The molecule has 11 heteroatoms. The van der Waals surface area contributed by atoms with Crippen LogP contribution in [0.1, 0.15) is 33.4 Å². The molecule has 0 fully saturated rings. The van der Waals surface area contributed by atoms with Crippen LogP contribution in [-0.4, -0.2) is 0 Å². The molecule has 0 amide bonds. The van der Waals surface area contributed by atoms with E-state index in [1.165, 1.54) is 24.3 Å². The molecule has 0 atom stereocenters. The van der Waals surface area contributed by atoms with Crippen molar-refractivity contribution in [3.8, 4) is 34.1 Å². The number of benzene rings is 6. The van der Waals surface area contributed by atoms with Crippen LogP contribution in [0, 0.1) is 46.5 Å². The first-order valence-corrected chi connectivity index (χ1v) is 15.6. The summed E-state index contributed by atoms with van der Waals surface area (Å²) in [6.45, 7) is 6.40. The van der Waals surface area contributed by atoms with Gasteiger partial charge in [-0.25, -0.2) is 17.6 Å². The van der Waals surface area contributed by atoms with E-state index in [0.29, 0.717) is 45.5 Å². The summed E-state index contributed by atoms with van der Waals surface area (Å²) < 4.78 is 130. The molecule has 1 spiro atoms. The second-order valence-corrected chi connectivity index (χ2v) is 12.1. The van der Waals surface area contributed by atoms with Gasteiger partial charge in [0.1, 0.15) is 11.5 Å². The molecule has 6 aromatic rings. The maximum Gasteiger partial charge on any atom is 0.205 e. The van der Waals surface area contributed by atoms with Crippen molar-refractivity contribution in [3.05, 3.63) is 178 Å². The molecule has 1 aliphatic carbocycles. The first kappa shape index (κ1) is 32.8. The molecule has 6 aromatic carbocycles. The summed E-state index contributed by atoms with van der Waals surface area (Å²) in [7, 11) is 0. The van der Waals surface area contributed by atoms with Crippen LogP contribution in [0.4, 0.5) is 46.5 Å². The van der Waals surface area contributed by atoms with Crippen molar-refractivity contribution in [3.63, 3.8) is 0 Å². The summed E-state index contributed by atoms with van der Waals surface area (Å²) >= 11 is 0. The number of fused-ring (bicyclic) bond motifs is 3. The smallest absolute Gasteiger partial charge is 0.205 e. The van der Waals surface area contributed by atoms with Gasteiger partial charge in [-0.15, -0.1) is 0 Å². The maximum atomic E-state index is 15.1. The van der Waals surface area contributed by atoms with E-state index in [1.54, 1.807) is 12.1 Å². The van der Waals surface area contributed by atoms with E-state index >= 15 is 17.6 Å². The van der Waals surface area contributed by atoms with E-state index in [4.69, 9.17) is 9.47 Å². The number of hydrogen-bond acceptors (Lipinski definition) is 3. The van der Waals surface area contributed by atoms with Crippen LogP contribution in [-0.2, 0) is 5.41 Å². The lowest BCUT2D eigenvalue weighted by atomic mass is 9.67. The number of anilines is 2. The number of rotatable bonds is 6. The molecule has 52 heavy (non-hydrogen) atoms. The highest BCUT2D eigenvalue weighted by atomic mass is 19.2. The van der Waals surface area contributed by atoms with Crippen LogP contribution >= 0.6 is 0 Å². The molecule has 258 valence electrons. The van der Waals surface area contributed by atoms with Crippen molar-refractivity contribution in [2.24, 2.45) is 0 Å². The highest BCUT2D eigenvalue weighted by molar-refractivity contribution is 5.88. The van der Waals surface area contributed by atoms with E-state index < -0.39 is 74.6 Å². The second kappa shape index (κ2) is 11.9. The molecule has 0 saturated carbocycles. The van der Waals surface area contributed by atoms with Crippen molar-refractivity contribution in [2.75, 3.05) is 5.32 Å². The minimum Gasteiger partial charge on any atom is -0.451 e. The Labute approximate surface area is 290 Å². The SMILES string of the molecule is C=Cc1c(F)c(F)c(Oc2ccc3c(c2)C2(c4ccc(cc4)Nc4ccc2cc4)c2cc(Oc4c(F)c(F)c(C=C)c(F)c4F)ccc2-3)c(F)c1F. The summed E-state index contributed by atoms with van der Waals surface area (Å²) in [5.41, 5.74) is 1.66. The monoisotopic (exact) mass is 711 g/mol. The van der Waals surface area contributed by atoms with Crippen LogP contribution in [0.15, 0.2) is 98.1 Å². The lowest BCUT2D eigenvalue weighted by Crippen LogP contribution is -2.29. The summed E-state index contributed by atoms with van der Waals surface area (Å²) in [6.07, 6.45) is 1.29. The molecule has 3 nitrogen and oxygen atoms in total. The van der Waals surface area contributed by atoms with Crippen molar-refractivity contribution >= 4 is 23.5 Å². The third kappa shape index (κ3) is 4.58. The highest BCUT2D eigenvalue weighted by Crippen LogP contribution is 2.58. The number of halogens is 8. The van der Waals surface area contributed by atoms with E-state index in [-0.39, 0.29) is 11.5 Å². The Morgan fingerprint density at radius 2 is 0.808 bits per heavy atom. The van der Waals surface area contributed by atoms with E-state index in [0.717, 1.165) is 11.4 Å². The minimum atomic E-state index is -1.76. The molecule has 5 aliphatic rings. The zero-order valence-corrected chi connectivity index (χ0v) is 26.5. The van der Waals surface area contributed by atoms with Gasteiger partial charge in [0, 0.05) is 11.4 Å². The first-order valence-electron chi connectivity index (χ1n) is 15.6. The summed E-state index contributed by atoms with van der Waals surface area (Å²) in [6, 6.07) is 23.4. The largest absolute Gasteiger partial charge is 0.451 e. The summed E-state index contributed by atoms with van der Waals surface area (Å²) in [5, 5.41) is 3.29.